The fourth-order valence-corrected chi connectivity index (χ4v) is 2.28. The maximum absolute atomic E-state index is 11.7. The Morgan fingerprint density at radius 3 is 2.85 bits per heavy atom. The van der Waals surface area contributed by atoms with E-state index in [1.54, 1.807) is 13.4 Å². The van der Waals surface area contributed by atoms with Crippen LogP contribution in [0.25, 0.3) is 11.2 Å². The summed E-state index contributed by atoms with van der Waals surface area (Å²) < 4.78 is 5.26. The van der Waals surface area contributed by atoms with Crippen LogP contribution in [0.15, 0.2) is 11.4 Å². The molecule has 0 bridgehead atoms. The summed E-state index contributed by atoms with van der Waals surface area (Å²) >= 11 is 1.30. The predicted molar refractivity (Wildman–Crippen MR) is 77.8 cm³/mol. The Hall–Kier alpha value is -1.83. The lowest BCUT2D eigenvalue weighted by molar-refractivity contribution is -0.151. The summed E-state index contributed by atoms with van der Waals surface area (Å²) in [5.41, 5.74) is 0.802. The van der Waals surface area contributed by atoms with E-state index in [1.165, 1.54) is 11.8 Å². The first-order valence-corrected chi connectivity index (χ1v) is 7.11. The summed E-state index contributed by atoms with van der Waals surface area (Å²) in [4.78, 5) is 27.3. The molecule has 0 amide bonds. The number of aromatic amines is 1. The zero-order valence-corrected chi connectivity index (χ0v) is 12.7. The van der Waals surface area contributed by atoms with Gasteiger partial charge in [-0.3, -0.25) is 4.79 Å². The van der Waals surface area contributed by atoms with Crippen molar-refractivity contribution in [3.8, 4) is 0 Å². The van der Waals surface area contributed by atoms with Crippen molar-refractivity contribution in [3.05, 3.63) is 6.33 Å². The van der Waals surface area contributed by atoms with Gasteiger partial charge in [-0.25, -0.2) is 9.97 Å². The molecule has 0 unspecified atom stereocenters. The molecule has 0 aliphatic heterocycles. The van der Waals surface area contributed by atoms with Gasteiger partial charge in [-0.15, -0.1) is 0 Å². The first-order chi connectivity index (χ1) is 9.39. The Bertz CT molecular complexity index is 620. The number of thioether (sulfide) groups is 1. The molecular formula is C12H17N5O2S. The molecule has 2 aromatic heterocycles. The van der Waals surface area contributed by atoms with Crippen molar-refractivity contribution in [2.75, 3.05) is 18.1 Å². The second-order valence-corrected chi connectivity index (χ2v) is 6.04. The maximum Gasteiger partial charge on any atom is 0.316 e. The van der Waals surface area contributed by atoms with Gasteiger partial charge >= 0.3 is 5.97 Å². The van der Waals surface area contributed by atoms with Gasteiger partial charge in [0.1, 0.15) is 16.1 Å². The number of hydrogen-bond donors (Lipinski definition) is 2. The largest absolute Gasteiger partial charge is 0.459 e. The minimum Gasteiger partial charge on any atom is -0.459 e. The molecule has 0 spiro atoms. The number of aromatic nitrogens is 4. The van der Waals surface area contributed by atoms with Crippen LogP contribution in [0.1, 0.15) is 20.8 Å². The van der Waals surface area contributed by atoms with E-state index < -0.39 is 5.60 Å². The lowest BCUT2D eigenvalue weighted by Crippen LogP contribution is -2.24. The first-order valence-electron chi connectivity index (χ1n) is 6.12. The van der Waals surface area contributed by atoms with Crippen LogP contribution in [-0.2, 0) is 9.53 Å². The summed E-state index contributed by atoms with van der Waals surface area (Å²) in [7, 11) is 1.73. The number of carbonyl (C=O) groups excluding carboxylic acids is 1. The molecule has 0 aromatic carbocycles. The highest BCUT2D eigenvalue weighted by Gasteiger charge is 2.18. The normalized spacial score (nSPS) is 11.6. The van der Waals surface area contributed by atoms with Crippen LogP contribution >= 0.6 is 11.8 Å². The van der Waals surface area contributed by atoms with Gasteiger partial charge in [0, 0.05) is 7.05 Å². The van der Waals surface area contributed by atoms with Gasteiger partial charge in [-0.2, -0.15) is 4.98 Å². The SMILES string of the molecule is CNc1nc(SCC(=O)OC(C)(C)C)c2[nH]cnc2n1. The molecule has 0 saturated carbocycles. The molecule has 2 rings (SSSR count). The van der Waals surface area contributed by atoms with Gasteiger partial charge in [0.25, 0.3) is 0 Å². The van der Waals surface area contributed by atoms with Crippen molar-refractivity contribution < 1.29 is 9.53 Å². The number of anilines is 1. The molecule has 0 saturated heterocycles. The van der Waals surface area contributed by atoms with Crippen LogP contribution in [0, 0.1) is 0 Å². The minimum atomic E-state index is -0.483. The lowest BCUT2D eigenvalue weighted by Gasteiger charge is -2.19. The van der Waals surface area contributed by atoms with E-state index in [0.29, 0.717) is 16.6 Å². The number of H-pyrrole nitrogens is 1. The molecule has 0 radical (unpaired) electrons. The van der Waals surface area contributed by atoms with Crippen LogP contribution < -0.4 is 5.32 Å². The topological polar surface area (TPSA) is 92.8 Å². The number of rotatable bonds is 4. The van der Waals surface area contributed by atoms with Crippen molar-refractivity contribution >= 4 is 34.8 Å². The number of nitrogens with one attached hydrogen (secondary N) is 2. The third kappa shape index (κ3) is 3.60. The molecule has 0 aliphatic carbocycles. The number of carbonyl (C=O) groups is 1. The second kappa shape index (κ2) is 5.66. The smallest absolute Gasteiger partial charge is 0.316 e. The minimum absolute atomic E-state index is 0.186. The molecule has 7 nitrogen and oxygen atoms in total. The van der Waals surface area contributed by atoms with Crippen molar-refractivity contribution in [1.29, 1.82) is 0 Å². The zero-order valence-electron chi connectivity index (χ0n) is 11.9. The van der Waals surface area contributed by atoms with Gasteiger partial charge in [0.15, 0.2) is 5.65 Å². The molecule has 108 valence electrons. The van der Waals surface area contributed by atoms with Crippen LogP contribution in [-0.4, -0.2) is 44.3 Å². The van der Waals surface area contributed by atoms with Gasteiger partial charge in [-0.1, -0.05) is 11.8 Å². The van der Waals surface area contributed by atoms with Gasteiger partial charge < -0.3 is 15.0 Å². The molecule has 2 aromatic rings. The Morgan fingerprint density at radius 2 is 2.20 bits per heavy atom. The summed E-state index contributed by atoms with van der Waals surface area (Å²) in [6.07, 6.45) is 1.55. The highest BCUT2D eigenvalue weighted by atomic mass is 32.2. The molecule has 0 aliphatic rings. The average molecular weight is 295 g/mol. The monoisotopic (exact) mass is 295 g/mol. The standard InChI is InChI=1S/C12H17N5O2S/c1-12(2,3)19-7(18)5-20-10-8-9(15-6-14-8)16-11(13-4)17-10/h6H,5H2,1-4H3,(H2,13,14,15,16,17). The number of ether oxygens (including phenoxy) is 1. The number of fused-ring (bicyclic) bond motifs is 1. The molecule has 8 heteroatoms. The predicted octanol–water partition coefficient (Wildman–Crippen LogP) is 1.83. The average Bonchev–Trinajstić information content (AvgIpc) is 2.81. The Kier molecular flexibility index (Phi) is 4.12. The van der Waals surface area contributed by atoms with Gasteiger partial charge in [-0.05, 0) is 20.8 Å². The molecule has 20 heavy (non-hydrogen) atoms. The van der Waals surface area contributed by atoms with E-state index >= 15 is 0 Å². The van der Waals surface area contributed by atoms with Gasteiger partial charge in [0.05, 0.1) is 12.1 Å². The Morgan fingerprint density at radius 1 is 1.45 bits per heavy atom. The van der Waals surface area contributed by atoms with Crippen LogP contribution in [0.4, 0.5) is 5.95 Å². The molecule has 0 fully saturated rings. The van der Waals surface area contributed by atoms with E-state index in [-0.39, 0.29) is 11.7 Å². The van der Waals surface area contributed by atoms with Crippen molar-refractivity contribution in [2.45, 2.75) is 31.4 Å². The Balaban J connectivity index is 2.13. The Labute approximate surface area is 120 Å². The van der Waals surface area contributed by atoms with E-state index in [0.717, 1.165) is 5.52 Å². The van der Waals surface area contributed by atoms with Crippen molar-refractivity contribution in [2.24, 2.45) is 0 Å². The molecule has 0 atom stereocenters. The quantitative estimate of drug-likeness (QED) is 0.505. The summed E-state index contributed by atoms with van der Waals surface area (Å²) in [6, 6.07) is 0. The van der Waals surface area contributed by atoms with E-state index in [1.807, 2.05) is 20.8 Å². The van der Waals surface area contributed by atoms with E-state index in [9.17, 15) is 4.79 Å². The second-order valence-electron chi connectivity index (χ2n) is 5.08. The van der Waals surface area contributed by atoms with Crippen molar-refractivity contribution in [1.82, 2.24) is 19.9 Å². The van der Waals surface area contributed by atoms with Crippen LogP contribution in [0.5, 0.6) is 0 Å². The van der Waals surface area contributed by atoms with Crippen molar-refractivity contribution in [3.63, 3.8) is 0 Å². The molecule has 2 N–H and O–H groups in total. The number of hydrogen-bond acceptors (Lipinski definition) is 7. The highest BCUT2D eigenvalue weighted by Crippen LogP contribution is 2.24. The fraction of sp³-hybridized carbons (Fsp3) is 0.500. The lowest BCUT2D eigenvalue weighted by atomic mass is 10.2. The number of imidazole rings is 1. The first kappa shape index (κ1) is 14.6. The summed E-state index contributed by atoms with van der Waals surface area (Å²) in [5, 5.41) is 3.54. The third-order valence-electron chi connectivity index (χ3n) is 2.22. The van der Waals surface area contributed by atoms with Gasteiger partial charge in [0.2, 0.25) is 5.95 Å². The molecular weight excluding hydrogens is 278 g/mol. The zero-order chi connectivity index (χ0) is 14.8. The molecule has 2 heterocycles. The summed E-state index contributed by atoms with van der Waals surface area (Å²) in [5.74, 6) is 0.377. The number of nitrogens with zero attached hydrogens (tertiary/aromatic N) is 3. The van der Waals surface area contributed by atoms with Crippen LogP contribution in [0.2, 0.25) is 0 Å². The van der Waals surface area contributed by atoms with Crippen LogP contribution in [0.3, 0.4) is 0 Å². The fourth-order valence-electron chi connectivity index (χ4n) is 1.52. The highest BCUT2D eigenvalue weighted by molar-refractivity contribution is 8.00. The van der Waals surface area contributed by atoms with E-state index in [4.69, 9.17) is 4.74 Å². The van der Waals surface area contributed by atoms with E-state index in [2.05, 4.69) is 25.3 Å². The maximum atomic E-state index is 11.7. The number of esters is 1. The summed E-state index contributed by atoms with van der Waals surface area (Å²) in [6.45, 7) is 5.52. The third-order valence-corrected chi connectivity index (χ3v) is 3.17.